The minimum atomic E-state index is -4.09. The van der Waals surface area contributed by atoms with Crippen LogP contribution in [-0.2, 0) is 10.0 Å². The van der Waals surface area contributed by atoms with Crippen LogP contribution in [0.5, 0.6) is 0 Å². The minimum absolute atomic E-state index is 0.0653. The van der Waals surface area contributed by atoms with Crippen LogP contribution in [0, 0.1) is 0 Å². The van der Waals surface area contributed by atoms with Gasteiger partial charge in [-0.05, 0) is 65.7 Å². The van der Waals surface area contributed by atoms with E-state index in [1.807, 2.05) is 0 Å². The fourth-order valence-corrected chi connectivity index (χ4v) is 6.34. The molecule has 0 N–H and O–H groups in total. The molecule has 0 unspecified atom stereocenters. The first-order valence-electron chi connectivity index (χ1n) is 10.3. The van der Waals surface area contributed by atoms with Crippen molar-refractivity contribution in [2.75, 3.05) is 4.31 Å². The van der Waals surface area contributed by atoms with Crippen LogP contribution in [-0.4, -0.2) is 13.0 Å². The van der Waals surface area contributed by atoms with Crippen molar-refractivity contribution in [3.8, 4) is 0 Å². The summed E-state index contributed by atoms with van der Waals surface area (Å²) >= 11 is 18.2. The van der Waals surface area contributed by atoms with Crippen LogP contribution in [0.3, 0.4) is 0 Å². The molecule has 5 nitrogen and oxygen atoms in total. The fraction of sp³-hybridized carbons (Fsp3) is 0.0800. The van der Waals surface area contributed by atoms with Gasteiger partial charge in [0.2, 0.25) is 0 Å². The Kier molecular flexibility index (Phi) is 5.94. The number of anilines is 1. The standard InChI is InChI=1S/C25H17Cl3N2O3S/c26-18-8-4-16(5-9-18)24-25(17-6-10-19(27)11-7-17)30(22-2-1-3-23(31)29(22)24)34(32,33)21-14-12-20(28)13-15-21/h1-15,24-25H/t24-,25+/m1/s1. The van der Waals surface area contributed by atoms with Gasteiger partial charge < -0.3 is 0 Å². The highest BCUT2D eigenvalue weighted by molar-refractivity contribution is 7.92. The highest BCUT2D eigenvalue weighted by atomic mass is 35.5. The first kappa shape index (κ1) is 23.0. The summed E-state index contributed by atoms with van der Waals surface area (Å²) in [6, 6.07) is 23.2. The third kappa shape index (κ3) is 3.91. The van der Waals surface area contributed by atoms with Crippen LogP contribution in [0.1, 0.15) is 23.2 Å². The van der Waals surface area contributed by atoms with Crippen molar-refractivity contribution in [3.05, 3.63) is 128 Å². The van der Waals surface area contributed by atoms with E-state index in [4.69, 9.17) is 34.8 Å². The summed E-state index contributed by atoms with van der Waals surface area (Å²) in [5.41, 5.74) is 1.11. The van der Waals surface area contributed by atoms with Crippen molar-refractivity contribution >= 4 is 50.6 Å². The first-order valence-corrected chi connectivity index (χ1v) is 12.9. The van der Waals surface area contributed by atoms with E-state index >= 15 is 0 Å². The molecule has 0 amide bonds. The zero-order chi connectivity index (χ0) is 24.0. The maximum atomic E-state index is 14.0. The smallest absolute Gasteiger partial charge is 0.266 e. The Bertz CT molecular complexity index is 1520. The second kappa shape index (κ2) is 8.78. The summed E-state index contributed by atoms with van der Waals surface area (Å²) in [7, 11) is -4.09. The Hall–Kier alpha value is -2.77. The van der Waals surface area contributed by atoms with Gasteiger partial charge in [-0.15, -0.1) is 0 Å². The lowest BCUT2D eigenvalue weighted by Crippen LogP contribution is -2.33. The van der Waals surface area contributed by atoms with E-state index in [1.165, 1.54) is 39.2 Å². The largest absolute Gasteiger partial charge is 0.284 e. The molecule has 0 bridgehead atoms. The average Bonchev–Trinajstić information content (AvgIpc) is 3.18. The molecule has 0 spiro atoms. The van der Waals surface area contributed by atoms with Gasteiger partial charge in [0.25, 0.3) is 15.6 Å². The molecule has 9 heteroatoms. The van der Waals surface area contributed by atoms with E-state index in [0.717, 1.165) is 5.56 Å². The molecule has 5 rings (SSSR count). The van der Waals surface area contributed by atoms with Gasteiger partial charge in [0, 0.05) is 21.1 Å². The third-order valence-electron chi connectivity index (χ3n) is 5.82. The zero-order valence-corrected chi connectivity index (χ0v) is 20.6. The molecule has 1 aliphatic heterocycles. The Morgan fingerprint density at radius 1 is 0.618 bits per heavy atom. The van der Waals surface area contributed by atoms with E-state index in [-0.39, 0.29) is 16.3 Å². The molecule has 0 aliphatic carbocycles. The molecular formula is C25H17Cl3N2O3S. The van der Waals surface area contributed by atoms with Gasteiger partial charge in [0.15, 0.2) is 0 Å². The maximum Gasteiger partial charge on any atom is 0.266 e. The van der Waals surface area contributed by atoms with E-state index in [1.54, 1.807) is 60.7 Å². The third-order valence-corrected chi connectivity index (χ3v) is 8.37. The number of sulfonamides is 1. The quantitative estimate of drug-likeness (QED) is 0.308. The molecule has 2 heterocycles. The molecule has 0 fully saturated rings. The molecule has 34 heavy (non-hydrogen) atoms. The zero-order valence-electron chi connectivity index (χ0n) is 17.5. The molecule has 0 radical (unpaired) electrons. The Labute approximate surface area is 211 Å². The highest BCUT2D eigenvalue weighted by Crippen LogP contribution is 2.49. The number of nitrogens with zero attached hydrogens (tertiary/aromatic N) is 2. The predicted octanol–water partition coefficient (Wildman–Crippen LogP) is 6.35. The van der Waals surface area contributed by atoms with Crippen molar-refractivity contribution < 1.29 is 8.42 Å². The molecule has 4 aromatic rings. The SMILES string of the molecule is O=c1cccc2n1[C@H](c1ccc(Cl)cc1)[C@H](c1ccc(Cl)cc1)N2S(=O)(=O)c1ccc(Cl)cc1. The van der Waals surface area contributed by atoms with Gasteiger partial charge >= 0.3 is 0 Å². The number of aromatic nitrogens is 1. The summed E-state index contributed by atoms with van der Waals surface area (Å²) in [4.78, 5) is 13.2. The normalized spacial score (nSPS) is 17.6. The number of hydrogen-bond donors (Lipinski definition) is 0. The molecular weight excluding hydrogens is 515 g/mol. The van der Waals surface area contributed by atoms with Crippen LogP contribution in [0.2, 0.25) is 15.1 Å². The molecule has 1 aliphatic rings. The van der Waals surface area contributed by atoms with E-state index in [9.17, 15) is 13.2 Å². The molecule has 3 aromatic carbocycles. The summed E-state index contributed by atoms with van der Waals surface area (Å²) in [5, 5.41) is 1.48. The van der Waals surface area contributed by atoms with Crippen molar-refractivity contribution in [2.24, 2.45) is 0 Å². The number of benzene rings is 3. The lowest BCUT2D eigenvalue weighted by Gasteiger charge is -2.29. The molecule has 2 atom stereocenters. The van der Waals surface area contributed by atoms with Crippen LogP contribution in [0.25, 0.3) is 0 Å². The van der Waals surface area contributed by atoms with Crippen molar-refractivity contribution in [1.82, 2.24) is 4.57 Å². The van der Waals surface area contributed by atoms with Crippen LogP contribution < -0.4 is 9.86 Å². The predicted molar refractivity (Wildman–Crippen MR) is 136 cm³/mol. The summed E-state index contributed by atoms with van der Waals surface area (Å²) in [6.45, 7) is 0. The topological polar surface area (TPSA) is 59.4 Å². The van der Waals surface area contributed by atoms with Crippen LogP contribution >= 0.6 is 34.8 Å². The minimum Gasteiger partial charge on any atom is -0.284 e. The highest BCUT2D eigenvalue weighted by Gasteiger charge is 2.46. The van der Waals surface area contributed by atoms with Gasteiger partial charge in [0.1, 0.15) is 5.82 Å². The number of pyridine rings is 1. The summed E-state index contributed by atoms with van der Waals surface area (Å²) < 4.78 is 30.9. The number of hydrogen-bond acceptors (Lipinski definition) is 3. The van der Waals surface area contributed by atoms with Crippen LogP contribution in [0.4, 0.5) is 5.82 Å². The van der Waals surface area contributed by atoms with E-state index in [0.29, 0.717) is 20.6 Å². The summed E-state index contributed by atoms with van der Waals surface area (Å²) in [6.07, 6.45) is 0. The van der Waals surface area contributed by atoms with Crippen molar-refractivity contribution in [3.63, 3.8) is 0 Å². The average molecular weight is 532 g/mol. The fourth-order valence-electron chi connectivity index (χ4n) is 4.32. The second-order valence-corrected chi connectivity index (χ2v) is 11.0. The lowest BCUT2D eigenvalue weighted by molar-refractivity contribution is 0.529. The lowest BCUT2D eigenvalue weighted by atomic mass is 9.94. The number of rotatable bonds is 4. The monoisotopic (exact) mass is 530 g/mol. The molecule has 1 aromatic heterocycles. The maximum absolute atomic E-state index is 14.0. The Morgan fingerprint density at radius 2 is 1.09 bits per heavy atom. The number of fused-ring (bicyclic) bond motifs is 1. The van der Waals surface area contributed by atoms with Crippen molar-refractivity contribution in [2.45, 2.75) is 17.0 Å². The van der Waals surface area contributed by atoms with Crippen molar-refractivity contribution in [1.29, 1.82) is 0 Å². The number of halogens is 3. The molecule has 0 saturated carbocycles. The molecule has 172 valence electrons. The molecule has 0 saturated heterocycles. The second-order valence-electron chi connectivity index (χ2n) is 7.84. The van der Waals surface area contributed by atoms with Gasteiger partial charge in [-0.1, -0.05) is 65.1 Å². The summed E-state index contributed by atoms with van der Waals surface area (Å²) in [5.74, 6) is 0.266. The Balaban J connectivity index is 1.81. The van der Waals surface area contributed by atoms with Gasteiger partial charge in [0.05, 0.1) is 17.0 Å². The van der Waals surface area contributed by atoms with E-state index < -0.39 is 22.1 Å². The van der Waals surface area contributed by atoms with E-state index in [2.05, 4.69) is 0 Å². The van der Waals surface area contributed by atoms with Crippen LogP contribution in [0.15, 0.2) is 101 Å². The van der Waals surface area contributed by atoms with Gasteiger partial charge in [-0.3, -0.25) is 9.36 Å². The Morgan fingerprint density at radius 3 is 1.62 bits per heavy atom. The first-order chi connectivity index (χ1) is 16.3. The van der Waals surface area contributed by atoms with Gasteiger partial charge in [-0.2, -0.15) is 0 Å². The van der Waals surface area contributed by atoms with Gasteiger partial charge in [-0.25, -0.2) is 12.7 Å².